The van der Waals surface area contributed by atoms with Gasteiger partial charge in [-0.05, 0) is 41.4 Å². The number of carbonyl (C=O) groups is 2. The van der Waals surface area contributed by atoms with E-state index >= 15 is 0 Å². The first-order valence-electron chi connectivity index (χ1n) is 6.66. The molecule has 1 amide bonds. The van der Waals surface area contributed by atoms with Gasteiger partial charge in [-0.3, -0.25) is 14.9 Å². The van der Waals surface area contributed by atoms with Crippen LogP contribution in [0.5, 0.6) is 0 Å². The van der Waals surface area contributed by atoms with Gasteiger partial charge < -0.3 is 10.1 Å². The first kappa shape index (κ1) is 17.6. The summed E-state index contributed by atoms with van der Waals surface area (Å²) < 4.78 is 5.61. The molecular formula is C14H20BrN3O3. The molecule has 0 aromatic carbocycles. The van der Waals surface area contributed by atoms with Crippen molar-refractivity contribution in [3.63, 3.8) is 0 Å². The van der Waals surface area contributed by atoms with E-state index in [1.54, 1.807) is 25.3 Å². The Hall–Kier alpha value is -1.47. The number of ether oxygens (including phenoxy) is 1. The van der Waals surface area contributed by atoms with Crippen LogP contribution in [-0.4, -0.2) is 36.1 Å². The minimum absolute atomic E-state index is 0.00332. The molecule has 0 aliphatic carbocycles. The molecule has 1 atom stereocenters. The lowest BCUT2D eigenvalue weighted by Gasteiger charge is -2.27. The van der Waals surface area contributed by atoms with Gasteiger partial charge >= 0.3 is 5.97 Å². The fourth-order valence-electron chi connectivity index (χ4n) is 1.90. The number of esters is 1. The predicted molar refractivity (Wildman–Crippen MR) is 83.9 cm³/mol. The summed E-state index contributed by atoms with van der Waals surface area (Å²) in [6.45, 7) is 3.70. The molecular weight excluding hydrogens is 338 g/mol. The number of hydrogen-bond donors (Lipinski definition) is 2. The van der Waals surface area contributed by atoms with Gasteiger partial charge in [0.2, 0.25) is 5.91 Å². The van der Waals surface area contributed by atoms with Crippen molar-refractivity contribution in [1.29, 1.82) is 0 Å². The van der Waals surface area contributed by atoms with Crippen LogP contribution in [0.15, 0.2) is 22.8 Å². The van der Waals surface area contributed by atoms with Gasteiger partial charge in [-0.25, -0.2) is 4.98 Å². The third-order valence-electron chi connectivity index (χ3n) is 3.02. The van der Waals surface area contributed by atoms with E-state index in [9.17, 15) is 9.59 Å². The Bertz CT molecular complexity index is 493. The first-order valence-corrected chi connectivity index (χ1v) is 7.45. The van der Waals surface area contributed by atoms with Gasteiger partial charge in [-0.15, -0.1) is 0 Å². The van der Waals surface area contributed by atoms with Crippen LogP contribution in [0, 0.1) is 0 Å². The van der Waals surface area contributed by atoms with E-state index in [2.05, 4.69) is 31.5 Å². The van der Waals surface area contributed by atoms with E-state index in [1.807, 2.05) is 6.92 Å². The molecule has 1 heterocycles. The van der Waals surface area contributed by atoms with Crippen LogP contribution >= 0.6 is 15.9 Å². The molecule has 0 bridgehead atoms. The monoisotopic (exact) mass is 357 g/mol. The highest BCUT2D eigenvalue weighted by Crippen LogP contribution is 2.14. The fraction of sp³-hybridized carbons (Fsp3) is 0.500. The normalized spacial score (nSPS) is 13.3. The van der Waals surface area contributed by atoms with Crippen LogP contribution in [0.25, 0.3) is 0 Å². The summed E-state index contributed by atoms with van der Waals surface area (Å²) >= 11 is 3.27. The minimum atomic E-state index is -0.867. The molecule has 1 aromatic rings. The van der Waals surface area contributed by atoms with Crippen LogP contribution in [0.4, 0.5) is 5.82 Å². The third-order valence-corrected chi connectivity index (χ3v) is 3.49. The molecule has 0 saturated heterocycles. The Morgan fingerprint density at radius 1 is 1.43 bits per heavy atom. The number of methoxy groups -OCH3 is 1. The molecule has 116 valence electrons. The van der Waals surface area contributed by atoms with Crippen LogP contribution in [-0.2, 0) is 14.3 Å². The lowest BCUT2D eigenvalue weighted by Crippen LogP contribution is -2.52. The van der Waals surface area contributed by atoms with Crippen molar-refractivity contribution < 1.29 is 14.3 Å². The quantitative estimate of drug-likeness (QED) is 0.730. The van der Waals surface area contributed by atoms with Gasteiger partial charge in [-0.2, -0.15) is 0 Å². The Balaban J connectivity index is 2.57. The fourth-order valence-corrected chi connectivity index (χ4v) is 2.13. The molecule has 0 spiro atoms. The molecule has 6 nitrogen and oxygen atoms in total. The number of hydrogen-bond acceptors (Lipinski definition) is 5. The molecule has 7 heteroatoms. The Kier molecular flexibility index (Phi) is 6.77. The number of carbonyl (C=O) groups excluding carboxylic acids is 2. The maximum atomic E-state index is 11.9. The van der Waals surface area contributed by atoms with Gasteiger partial charge in [0, 0.05) is 10.7 Å². The molecule has 1 rings (SSSR count). The topological polar surface area (TPSA) is 80.3 Å². The number of nitrogens with zero attached hydrogens (tertiary/aromatic N) is 1. The van der Waals surface area contributed by atoms with E-state index in [0.29, 0.717) is 12.2 Å². The second-order valence-corrected chi connectivity index (χ2v) is 5.75. The highest BCUT2D eigenvalue weighted by Gasteiger charge is 2.33. The highest BCUT2D eigenvalue weighted by molar-refractivity contribution is 9.10. The highest BCUT2D eigenvalue weighted by atomic mass is 79.9. The number of pyridine rings is 1. The smallest absolute Gasteiger partial charge is 0.325 e. The van der Waals surface area contributed by atoms with Crippen molar-refractivity contribution >= 4 is 33.6 Å². The number of rotatable bonds is 7. The van der Waals surface area contributed by atoms with E-state index in [0.717, 1.165) is 10.9 Å². The minimum Gasteiger partial charge on any atom is -0.468 e. The Labute approximate surface area is 132 Å². The third kappa shape index (κ3) is 5.43. The molecule has 0 aliphatic heterocycles. The second-order valence-electron chi connectivity index (χ2n) is 4.84. The lowest BCUT2D eigenvalue weighted by atomic mass is 9.96. The summed E-state index contributed by atoms with van der Waals surface area (Å²) in [5, 5.41) is 5.61. The van der Waals surface area contributed by atoms with E-state index in [4.69, 9.17) is 4.74 Å². The Morgan fingerprint density at radius 3 is 2.67 bits per heavy atom. The zero-order chi connectivity index (χ0) is 15.9. The molecule has 2 N–H and O–H groups in total. The van der Waals surface area contributed by atoms with Gasteiger partial charge in [0.25, 0.3) is 0 Å². The summed E-state index contributed by atoms with van der Waals surface area (Å²) in [5.41, 5.74) is -0.867. The number of halogens is 1. The number of amides is 1. The molecule has 0 saturated carbocycles. The van der Waals surface area contributed by atoms with E-state index in [-0.39, 0.29) is 18.4 Å². The van der Waals surface area contributed by atoms with Gasteiger partial charge in [0.15, 0.2) is 0 Å². The van der Waals surface area contributed by atoms with Crippen molar-refractivity contribution in [2.75, 3.05) is 19.0 Å². The van der Waals surface area contributed by atoms with Crippen molar-refractivity contribution in [2.24, 2.45) is 0 Å². The summed E-state index contributed by atoms with van der Waals surface area (Å²) in [7, 11) is 1.34. The van der Waals surface area contributed by atoms with Crippen LogP contribution in [0.1, 0.15) is 26.7 Å². The molecule has 0 fully saturated rings. The largest absolute Gasteiger partial charge is 0.468 e. The van der Waals surface area contributed by atoms with Crippen molar-refractivity contribution in [3.8, 4) is 0 Å². The number of aromatic nitrogens is 1. The zero-order valence-electron chi connectivity index (χ0n) is 12.4. The Morgan fingerprint density at radius 2 is 2.14 bits per heavy atom. The second kappa shape index (κ2) is 8.09. The lowest BCUT2D eigenvalue weighted by molar-refractivity contribution is -0.148. The van der Waals surface area contributed by atoms with E-state index < -0.39 is 5.54 Å². The summed E-state index contributed by atoms with van der Waals surface area (Å²) in [6.07, 6.45) is 2.98. The summed E-state index contributed by atoms with van der Waals surface area (Å²) in [6, 6.07) is 3.47. The first-order chi connectivity index (χ1) is 9.91. The van der Waals surface area contributed by atoms with Crippen molar-refractivity contribution in [1.82, 2.24) is 10.3 Å². The van der Waals surface area contributed by atoms with Gasteiger partial charge in [-0.1, -0.05) is 13.3 Å². The summed E-state index contributed by atoms with van der Waals surface area (Å²) in [5.74, 6) is -0.185. The predicted octanol–water partition coefficient (Wildman–Crippen LogP) is 2.10. The maximum Gasteiger partial charge on any atom is 0.325 e. The number of anilines is 1. The van der Waals surface area contributed by atoms with E-state index in [1.165, 1.54) is 7.11 Å². The van der Waals surface area contributed by atoms with Gasteiger partial charge in [0.05, 0.1) is 13.7 Å². The SMILES string of the molecule is CCC[C@@](C)(NCC(=O)Nc1ccc(Br)cn1)C(=O)OC. The van der Waals surface area contributed by atoms with Crippen molar-refractivity contribution in [2.45, 2.75) is 32.2 Å². The molecule has 0 radical (unpaired) electrons. The molecule has 1 aromatic heterocycles. The molecule has 0 unspecified atom stereocenters. The summed E-state index contributed by atoms with van der Waals surface area (Å²) in [4.78, 5) is 27.7. The molecule has 0 aliphatic rings. The van der Waals surface area contributed by atoms with Gasteiger partial charge in [0.1, 0.15) is 11.4 Å². The maximum absolute atomic E-state index is 11.9. The number of nitrogens with one attached hydrogen (secondary N) is 2. The standard InChI is InChI=1S/C14H20BrN3O3/c1-4-7-14(2,13(20)21-3)17-9-12(19)18-11-6-5-10(15)8-16-11/h5-6,8,17H,4,7,9H2,1-3H3,(H,16,18,19)/t14-/m1/s1. The van der Waals surface area contributed by atoms with Crippen LogP contribution in [0.3, 0.4) is 0 Å². The van der Waals surface area contributed by atoms with Crippen LogP contribution < -0.4 is 10.6 Å². The van der Waals surface area contributed by atoms with Crippen LogP contribution in [0.2, 0.25) is 0 Å². The van der Waals surface area contributed by atoms with Crippen molar-refractivity contribution in [3.05, 3.63) is 22.8 Å². The zero-order valence-corrected chi connectivity index (χ0v) is 14.0. The average Bonchev–Trinajstić information content (AvgIpc) is 2.47. The molecule has 21 heavy (non-hydrogen) atoms. The average molecular weight is 358 g/mol.